The molecule has 0 saturated carbocycles. The van der Waals surface area contributed by atoms with E-state index in [0.717, 1.165) is 23.9 Å². The van der Waals surface area contributed by atoms with Crippen LogP contribution in [0, 0.1) is 5.92 Å². The Morgan fingerprint density at radius 2 is 2.60 bits per heavy atom. The molecule has 0 spiro atoms. The number of piperidine rings is 1. The first-order valence-electron chi connectivity index (χ1n) is 5.51. The molecule has 1 atom stereocenters. The van der Waals surface area contributed by atoms with E-state index in [-0.39, 0.29) is 0 Å². The number of aromatic nitrogens is 1. The molecule has 4 heteroatoms. The molecule has 1 N–H and O–H groups in total. The number of hydrogen-bond donors (Lipinski definition) is 1. The quantitative estimate of drug-likeness (QED) is 0.850. The lowest BCUT2D eigenvalue weighted by atomic mass is 9.95. The highest BCUT2D eigenvalue weighted by atomic mass is 32.1. The summed E-state index contributed by atoms with van der Waals surface area (Å²) in [5.41, 5.74) is 1.24. The fourth-order valence-corrected chi connectivity index (χ4v) is 2.80. The molecule has 84 valence electrons. The van der Waals surface area contributed by atoms with Crippen LogP contribution >= 0.6 is 11.3 Å². The Hall–Kier alpha value is -0.450. The van der Waals surface area contributed by atoms with Gasteiger partial charge in [0.2, 0.25) is 0 Å². The molecule has 1 aliphatic heterocycles. The SMILES string of the molecule is COCc1nc(CC2CCCNC2)cs1. The van der Waals surface area contributed by atoms with E-state index in [1.807, 2.05) is 0 Å². The second-order valence-electron chi connectivity index (χ2n) is 4.08. The van der Waals surface area contributed by atoms with Gasteiger partial charge >= 0.3 is 0 Å². The van der Waals surface area contributed by atoms with E-state index in [1.54, 1.807) is 18.4 Å². The van der Waals surface area contributed by atoms with Crippen LogP contribution in [-0.2, 0) is 17.8 Å². The van der Waals surface area contributed by atoms with Crippen LogP contribution in [0.25, 0.3) is 0 Å². The maximum absolute atomic E-state index is 5.07. The topological polar surface area (TPSA) is 34.1 Å². The van der Waals surface area contributed by atoms with Crippen molar-refractivity contribution in [3.05, 3.63) is 16.1 Å². The Bertz CT molecular complexity index is 295. The minimum absolute atomic E-state index is 0.646. The maximum atomic E-state index is 5.07. The van der Waals surface area contributed by atoms with Crippen LogP contribution in [0.2, 0.25) is 0 Å². The molecule has 0 bridgehead atoms. The lowest BCUT2D eigenvalue weighted by molar-refractivity contribution is 0.184. The molecular weight excluding hydrogens is 208 g/mol. The van der Waals surface area contributed by atoms with Crippen molar-refractivity contribution in [2.45, 2.75) is 25.9 Å². The van der Waals surface area contributed by atoms with Gasteiger partial charge in [0.15, 0.2) is 0 Å². The Kier molecular flexibility index (Phi) is 4.11. The zero-order valence-corrected chi connectivity index (χ0v) is 9.98. The molecule has 0 aliphatic carbocycles. The van der Waals surface area contributed by atoms with Crippen LogP contribution in [0.15, 0.2) is 5.38 Å². The minimum Gasteiger partial charge on any atom is -0.378 e. The highest BCUT2D eigenvalue weighted by Gasteiger charge is 2.14. The van der Waals surface area contributed by atoms with Gasteiger partial charge in [-0.1, -0.05) is 0 Å². The van der Waals surface area contributed by atoms with Gasteiger partial charge < -0.3 is 10.1 Å². The first-order chi connectivity index (χ1) is 7.38. The fourth-order valence-electron chi connectivity index (χ4n) is 2.03. The molecule has 1 fully saturated rings. The molecule has 2 heterocycles. The van der Waals surface area contributed by atoms with Crippen molar-refractivity contribution >= 4 is 11.3 Å². The molecule has 3 nitrogen and oxygen atoms in total. The standard InChI is InChI=1S/C11H18N2OS/c1-14-7-11-13-10(8-15-11)5-9-3-2-4-12-6-9/h8-9,12H,2-7H2,1H3. The molecule has 1 aromatic rings. The van der Waals surface area contributed by atoms with Gasteiger partial charge in [-0.25, -0.2) is 4.98 Å². The summed E-state index contributed by atoms with van der Waals surface area (Å²) in [7, 11) is 1.71. The molecular formula is C11H18N2OS. The van der Waals surface area contributed by atoms with Gasteiger partial charge in [-0.3, -0.25) is 0 Å². The van der Waals surface area contributed by atoms with Crippen molar-refractivity contribution in [2.24, 2.45) is 5.92 Å². The Morgan fingerprint density at radius 3 is 3.33 bits per heavy atom. The van der Waals surface area contributed by atoms with E-state index in [0.29, 0.717) is 6.61 Å². The van der Waals surface area contributed by atoms with E-state index < -0.39 is 0 Å². The average molecular weight is 226 g/mol. The summed E-state index contributed by atoms with van der Waals surface area (Å²) >= 11 is 1.71. The summed E-state index contributed by atoms with van der Waals surface area (Å²) in [5.74, 6) is 0.774. The van der Waals surface area contributed by atoms with Crippen LogP contribution in [0.4, 0.5) is 0 Å². The molecule has 0 amide bonds. The van der Waals surface area contributed by atoms with E-state index >= 15 is 0 Å². The van der Waals surface area contributed by atoms with Gasteiger partial charge in [0.1, 0.15) is 5.01 Å². The van der Waals surface area contributed by atoms with Crippen LogP contribution in [-0.4, -0.2) is 25.2 Å². The molecule has 0 radical (unpaired) electrons. The summed E-state index contributed by atoms with van der Waals surface area (Å²) in [4.78, 5) is 4.56. The number of thiazole rings is 1. The fraction of sp³-hybridized carbons (Fsp3) is 0.727. The Labute approximate surface area is 94.9 Å². The van der Waals surface area contributed by atoms with Crippen LogP contribution in [0.3, 0.4) is 0 Å². The van der Waals surface area contributed by atoms with Gasteiger partial charge in [0.05, 0.1) is 12.3 Å². The van der Waals surface area contributed by atoms with Crippen molar-refractivity contribution in [2.75, 3.05) is 20.2 Å². The van der Waals surface area contributed by atoms with E-state index in [4.69, 9.17) is 4.74 Å². The molecule has 0 aromatic carbocycles. The first kappa shape index (κ1) is 11.0. The summed E-state index contributed by atoms with van der Waals surface area (Å²) in [6.07, 6.45) is 3.76. The Morgan fingerprint density at radius 1 is 1.67 bits per heavy atom. The first-order valence-corrected chi connectivity index (χ1v) is 6.39. The number of ether oxygens (including phenoxy) is 1. The molecule has 1 saturated heterocycles. The predicted octanol–water partition coefficient (Wildman–Crippen LogP) is 1.83. The number of nitrogens with one attached hydrogen (secondary N) is 1. The van der Waals surface area contributed by atoms with Crippen LogP contribution in [0.5, 0.6) is 0 Å². The number of rotatable bonds is 4. The molecule has 1 aromatic heterocycles. The van der Waals surface area contributed by atoms with Crippen LogP contribution < -0.4 is 5.32 Å². The highest BCUT2D eigenvalue weighted by Crippen LogP contribution is 2.18. The van der Waals surface area contributed by atoms with E-state index in [1.165, 1.54) is 25.1 Å². The summed E-state index contributed by atoms with van der Waals surface area (Å²) < 4.78 is 5.07. The van der Waals surface area contributed by atoms with Gasteiger partial charge in [0.25, 0.3) is 0 Å². The van der Waals surface area contributed by atoms with Gasteiger partial charge in [-0.2, -0.15) is 0 Å². The molecule has 1 unspecified atom stereocenters. The third kappa shape index (κ3) is 3.26. The number of methoxy groups -OCH3 is 1. The Balaban J connectivity index is 1.86. The zero-order valence-electron chi connectivity index (χ0n) is 9.16. The van der Waals surface area contributed by atoms with Gasteiger partial charge in [-0.15, -0.1) is 11.3 Å². The summed E-state index contributed by atoms with van der Waals surface area (Å²) in [5, 5.41) is 6.70. The summed E-state index contributed by atoms with van der Waals surface area (Å²) in [6.45, 7) is 2.98. The lowest BCUT2D eigenvalue weighted by Gasteiger charge is -2.21. The third-order valence-corrected chi connectivity index (χ3v) is 3.64. The lowest BCUT2D eigenvalue weighted by Crippen LogP contribution is -2.30. The van der Waals surface area contributed by atoms with Crippen molar-refractivity contribution in [1.82, 2.24) is 10.3 Å². The summed E-state index contributed by atoms with van der Waals surface area (Å²) in [6, 6.07) is 0. The minimum atomic E-state index is 0.646. The van der Waals surface area contributed by atoms with Gasteiger partial charge in [0, 0.05) is 12.5 Å². The second-order valence-corrected chi connectivity index (χ2v) is 5.02. The van der Waals surface area contributed by atoms with Crippen LogP contribution in [0.1, 0.15) is 23.5 Å². The van der Waals surface area contributed by atoms with Gasteiger partial charge in [-0.05, 0) is 38.3 Å². The number of hydrogen-bond acceptors (Lipinski definition) is 4. The van der Waals surface area contributed by atoms with Crippen molar-refractivity contribution in [1.29, 1.82) is 0 Å². The van der Waals surface area contributed by atoms with E-state index in [9.17, 15) is 0 Å². The smallest absolute Gasteiger partial charge is 0.119 e. The third-order valence-electron chi connectivity index (χ3n) is 2.76. The maximum Gasteiger partial charge on any atom is 0.119 e. The predicted molar refractivity (Wildman–Crippen MR) is 62.1 cm³/mol. The normalized spacial score (nSPS) is 21.8. The number of nitrogens with zero attached hydrogens (tertiary/aromatic N) is 1. The van der Waals surface area contributed by atoms with Crippen molar-refractivity contribution in [3.63, 3.8) is 0 Å². The van der Waals surface area contributed by atoms with Crippen molar-refractivity contribution < 1.29 is 4.74 Å². The van der Waals surface area contributed by atoms with Crippen molar-refractivity contribution in [3.8, 4) is 0 Å². The molecule has 1 aliphatic rings. The second kappa shape index (κ2) is 5.58. The zero-order chi connectivity index (χ0) is 10.5. The largest absolute Gasteiger partial charge is 0.378 e. The molecule has 2 rings (SSSR count). The van der Waals surface area contributed by atoms with E-state index in [2.05, 4.69) is 15.7 Å². The molecule has 15 heavy (non-hydrogen) atoms. The average Bonchev–Trinajstić information content (AvgIpc) is 2.68. The monoisotopic (exact) mass is 226 g/mol. The highest BCUT2D eigenvalue weighted by molar-refractivity contribution is 7.09.